The van der Waals surface area contributed by atoms with Gasteiger partial charge in [0.2, 0.25) is 0 Å². The molecule has 1 aliphatic carbocycles. The summed E-state index contributed by atoms with van der Waals surface area (Å²) in [6.45, 7) is 5.55. The number of aromatic nitrogens is 1. The van der Waals surface area contributed by atoms with Crippen LogP contribution in [0.1, 0.15) is 31.2 Å². The van der Waals surface area contributed by atoms with E-state index in [1.807, 2.05) is 12.4 Å². The predicted octanol–water partition coefficient (Wildman–Crippen LogP) is 2.40. The zero-order valence-electron chi connectivity index (χ0n) is 14.2. The highest BCUT2D eigenvalue weighted by Gasteiger charge is 2.43. The van der Waals surface area contributed by atoms with Crippen molar-refractivity contribution in [3.63, 3.8) is 0 Å². The van der Waals surface area contributed by atoms with Crippen LogP contribution in [0.2, 0.25) is 0 Å². The van der Waals surface area contributed by atoms with Crippen LogP contribution in [0.15, 0.2) is 24.5 Å². The predicted molar refractivity (Wildman–Crippen MR) is 91.1 cm³/mol. The van der Waals surface area contributed by atoms with Crippen LogP contribution in [0.25, 0.3) is 0 Å². The molecule has 1 aromatic rings. The number of hydrogen-bond donors (Lipinski definition) is 0. The van der Waals surface area contributed by atoms with Crippen LogP contribution in [0.5, 0.6) is 0 Å². The molecular weight excluding hydrogens is 286 g/mol. The SMILES string of the molecule is CN(Cc1ccncc1)[C@H]1CCC[C@@H]2CN([C@H]3CCOC3)C[C@@H]21. The maximum absolute atomic E-state index is 5.62. The summed E-state index contributed by atoms with van der Waals surface area (Å²) in [6, 6.07) is 5.71. The molecule has 3 heterocycles. The molecule has 4 nitrogen and oxygen atoms in total. The van der Waals surface area contributed by atoms with Crippen molar-refractivity contribution in [2.45, 2.75) is 44.3 Å². The first-order valence-electron chi connectivity index (χ1n) is 9.22. The van der Waals surface area contributed by atoms with Crippen LogP contribution < -0.4 is 0 Å². The highest BCUT2D eigenvalue weighted by atomic mass is 16.5. The second-order valence-electron chi connectivity index (χ2n) is 7.66. The van der Waals surface area contributed by atoms with Crippen LogP contribution in [-0.4, -0.2) is 60.2 Å². The average Bonchev–Trinajstić information content (AvgIpc) is 3.24. The van der Waals surface area contributed by atoms with E-state index in [1.165, 1.54) is 44.3 Å². The van der Waals surface area contributed by atoms with Crippen LogP contribution in [0, 0.1) is 11.8 Å². The molecular formula is C19H29N3O. The summed E-state index contributed by atoms with van der Waals surface area (Å²) in [5, 5.41) is 0. The van der Waals surface area contributed by atoms with Gasteiger partial charge in [0, 0.05) is 50.7 Å². The Hall–Kier alpha value is -0.970. The number of pyridine rings is 1. The Kier molecular flexibility index (Phi) is 4.65. The fourth-order valence-corrected chi connectivity index (χ4v) is 5.02. The van der Waals surface area contributed by atoms with Gasteiger partial charge in [0.05, 0.1) is 6.61 Å². The summed E-state index contributed by atoms with van der Waals surface area (Å²) in [7, 11) is 2.31. The smallest absolute Gasteiger partial charge is 0.0622 e. The molecule has 126 valence electrons. The molecule has 0 amide bonds. The molecule has 1 saturated carbocycles. The third kappa shape index (κ3) is 3.30. The van der Waals surface area contributed by atoms with Crippen molar-refractivity contribution in [2.24, 2.45) is 11.8 Å². The molecule has 0 N–H and O–H groups in total. The number of hydrogen-bond acceptors (Lipinski definition) is 4. The maximum atomic E-state index is 5.62. The molecule has 0 aromatic carbocycles. The van der Waals surface area contributed by atoms with Crippen LogP contribution in [0.4, 0.5) is 0 Å². The molecule has 4 atom stereocenters. The highest BCUT2D eigenvalue weighted by molar-refractivity contribution is 5.10. The summed E-state index contributed by atoms with van der Waals surface area (Å²) in [5.74, 6) is 1.74. The minimum Gasteiger partial charge on any atom is -0.380 e. The Labute approximate surface area is 139 Å². The van der Waals surface area contributed by atoms with Gasteiger partial charge in [-0.15, -0.1) is 0 Å². The van der Waals surface area contributed by atoms with Crippen LogP contribution >= 0.6 is 0 Å². The lowest BCUT2D eigenvalue weighted by Crippen LogP contribution is -2.43. The Bertz CT molecular complexity index is 503. The molecule has 23 heavy (non-hydrogen) atoms. The fourth-order valence-electron chi connectivity index (χ4n) is 5.02. The minimum atomic E-state index is 0.687. The van der Waals surface area contributed by atoms with Gasteiger partial charge in [0.25, 0.3) is 0 Å². The Balaban J connectivity index is 1.42. The second-order valence-corrected chi connectivity index (χ2v) is 7.66. The van der Waals surface area contributed by atoms with Gasteiger partial charge in [-0.2, -0.15) is 0 Å². The zero-order chi connectivity index (χ0) is 15.6. The standard InChI is InChI=1S/C19H29N3O/c1-21(11-15-5-8-20-9-6-15)19-4-2-3-16-12-22(13-18(16)19)17-7-10-23-14-17/h5-6,8-9,16-19H,2-4,7,10-14H2,1H3/t16-,17+,18+,19+/m1/s1. The quantitative estimate of drug-likeness (QED) is 0.853. The summed E-state index contributed by atoms with van der Waals surface area (Å²) < 4.78 is 5.62. The first-order valence-corrected chi connectivity index (χ1v) is 9.22. The van der Waals surface area contributed by atoms with Crippen molar-refractivity contribution in [3.05, 3.63) is 30.1 Å². The number of nitrogens with zero attached hydrogens (tertiary/aromatic N) is 3. The average molecular weight is 315 g/mol. The van der Waals surface area contributed by atoms with E-state index in [4.69, 9.17) is 4.74 Å². The monoisotopic (exact) mass is 315 g/mol. The van der Waals surface area contributed by atoms with Crippen molar-refractivity contribution in [1.82, 2.24) is 14.8 Å². The van der Waals surface area contributed by atoms with E-state index in [9.17, 15) is 0 Å². The molecule has 0 spiro atoms. The van der Waals surface area contributed by atoms with Gasteiger partial charge in [-0.05, 0) is 55.8 Å². The van der Waals surface area contributed by atoms with Crippen molar-refractivity contribution < 1.29 is 4.74 Å². The van der Waals surface area contributed by atoms with Crippen molar-refractivity contribution in [3.8, 4) is 0 Å². The number of ether oxygens (including phenoxy) is 1. The third-order valence-electron chi connectivity index (χ3n) is 6.26. The van der Waals surface area contributed by atoms with Gasteiger partial charge in [0.15, 0.2) is 0 Å². The maximum Gasteiger partial charge on any atom is 0.0622 e. The molecule has 0 unspecified atom stereocenters. The Morgan fingerprint density at radius 1 is 1.22 bits per heavy atom. The van der Waals surface area contributed by atoms with E-state index in [0.717, 1.165) is 37.6 Å². The zero-order valence-corrected chi connectivity index (χ0v) is 14.2. The summed E-state index contributed by atoms with van der Waals surface area (Å²) >= 11 is 0. The molecule has 4 heteroatoms. The molecule has 2 aliphatic heterocycles. The summed E-state index contributed by atoms with van der Waals surface area (Å²) in [5.41, 5.74) is 1.38. The van der Waals surface area contributed by atoms with Gasteiger partial charge >= 0.3 is 0 Å². The molecule has 3 aliphatic rings. The number of likely N-dealkylation sites (tertiary alicyclic amines) is 1. The Morgan fingerprint density at radius 2 is 2.09 bits per heavy atom. The lowest BCUT2D eigenvalue weighted by atomic mass is 9.77. The van der Waals surface area contributed by atoms with Crippen molar-refractivity contribution in [2.75, 3.05) is 33.4 Å². The number of rotatable bonds is 4. The molecule has 4 rings (SSSR count). The second kappa shape index (κ2) is 6.88. The van der Waals surface area contributed by atoms with E-state index in [-0.39, 0.29) is 0 Å². The van der Waals surface area contributed by atoms with Crippen molar-refractivity contribution >= 4 is 0 Å². The van der Waals surface area contributed by atoms with E-state index in [2.05, 4.69) is 34.0 Å². The van der Waals surface area contributed by atoms with E-state index < -0.39 is 0 Å². The molecule has 2 saturated heterocycles. The molecule has 1 aromatic heterocycles. The van der Waals surface area contributed by atoms with Crippen LogP contribution in [-0.2, 0) is 11.3 Å². The van der Waals surface area contributed by atoms with E-state index >= 15 is 0 Å². The minimum absolute atomic E-state index is 0.687. The van der Waals surface area contributed by atoms with E-state index in [1.54, 1.807) is 0 Å². The third-order valence-corrected chi connectivity index (χ3v) is 6.26. The summed E-state index contributed by atoms with van der Waals surface area (Å²) in [6.07, 6.45) is 9.22. The van der Waals surface area contributed by atoms with Gasteiger partial charge < -0.3 is 4.74 Å². The Morgan fingerprint density at radius 3 is 2.87 bits per heavy atom. The topological polar surface area (TPSA) is 28.6 Å². The molecule has 0 bridgehead atoms. The highest BCUT2D eigenvalue weighted by Crippen LogP contribution is 2.40. The largest absolute Gasteiger partial charge is 0.380 e. The van der Waals surface area contributed by atoms with Crippen LogP contribution in [0.3, 0.4) is 0 Å². The van der Waals surface area contributed by atoms with Gasteiger partial charge in [-0.25, -0.2) is 0 Å². The van der Waals surface area contributed by atoms with Gasteiger partial charge in [-0.3, -0.25) is 14.8 Å². The number of fused-ring (bicyclic) bond motifs is 1. The first kappa shape index (κ1) is 15.6. The molecule has 3 fully saturated rings. The first-order chi connectivity index (χ1) is 11.3. The lowest BCUT2D eigenvalue weighted by molar-refractivity contribution is 0.103. The van der Waals surface area contributed by atoms with Gasteiger partial charge in [-0.1, -0.05) is 6.42 Å². The lowest BCUT2D eigenvalue weighted by Gasteiger charge is -2.39. The van der Waals surface area contributed by atoms with Crippen molar-refractivity contribution in [1.29, 1.82) is 0 Å². The van der Waals surface area contributed by atoms with Gasteiger partial charge in [0.1, 0.15) is 0 Å². The summed E-state index contributed by atoms with van der Waals surface area (Å²) in [4.78, 5) is 9.47. The normalized spacial score (nSPS) is 34.9. The molecule has 0 radical (unpaired) electrons. The van der Waals surface area contributed by atoms with E-state index in [0.29, 0.717) is 6.04 Å². The fraction of sp³-hybridized carbons (Fsp3) is 0.737.